The Morgan fingerprint density at radius 1 is 1.20 bits per heavy atom. The van der Waals surface area contributed by atoms with E-state index in [1.807, 2.05) is 4.90 Å². The van der Waals surface area contributed by atoms with Gasteiger partial charge in [0.05, 0.1) is 12.5 Å². The lowest BCUT2D eigenvalue weighted by molar-refractivity contribution is -0.154. The van der Waals surface area contributed by atoms with E-state index < -0.39 is 17.6 Å². The Bertz CT molecular complexity index is 904. The fraction of sp³-hybridized carbons (Fsp3) is 0.739. The molecular formula is C23H35ClFN7O3. The smallest absolute Gasteiger partial charge is 0.243 e. The molecule has 35 heavy (non-hydrogen) atoms. The molecule has 1 aliphatic heterocycles. The molecule has 12 heteroatoms. The van der Waals surface area contributed by atoms with Gasteiger partial charge in [0.25, 0.3) is 0 Å². The van der Waals surface area contributed by atoms with Crippen LogP contribution in [-0.2, 0) is 9.59 Å². The first-order valence-corrected chi connectivity index (χ1v) is 12.9. The van der Waals surface area contributed by atoms with Crippen molar-refractivity contribution in [3.63, 3.8) is 0 Å². The molecule has 2 amide bonds. The standard InChI is InChI=1S/C23H35ClFN7O3/c1-30-10-11-32(18-9-5-4-8-17(18)30)21-19(25)20(26-23(24)27-21)28-29-22(34)16(13-31(35)14-33)12-15-6-2-3-7-15/h14-18,35H,2-13H2,1H3,(H,29,34)(H,26,27,28)/t16-,17?,18?/m1/s1. The Hall–Kier alpha value is -2.24. The normalized spacial score (nSPS) is 24.1. The highest BCUT2D eigenvalue weighted by Crippen LogP contribution is 2.35. The summed E-state index contributed by atoms with van der Waals surface area (Å²) >= 11 is 6.17. The van der Waals surface area contributed by atoms with Crippen LogP contribution in [0.25, 0.3) is 0 Å². The van der Waals surface area contributed by atoms with Crippen molar-refractivity contribution in [3.05, 3.63) is 11.1 Å². The molecular weight excluding hydrogens is 477 g/mol. The SMILES string of the molecule is CN1CCN(c2nc(Cl)nc(NNC(=O)[C@H](CC3CCCC3)CN(O)C=O)c2F)C2CCCCC21. The van der Waals surface area contributed by atoms with Gasteiger partial charge < -0.3 is 4.90 Å². The lowest BCUT2D eigenvalue weighted by Crippen LogP contribution is -2.60. The first kappa shape index (κ1) is 25.8. The molecule has 0 aromatic carbocycles. The number of carbonyl (C=O) groups is 2. The van der Waals surface area contributed by atoms with Crippen LogP contribution in [0.4, 0.5) is 16.0 Å². The highest BCUT2D eigenvalue weighted by atomic mass is 35.5. The van der Waals surface area contributed by atoms with Crippen LogP contribution < -0.4 is 15.8 Å². The van der Waals surface area contributed by atoms with E-state index in [4.69, 9.17) is 11.6 Å². The molecule has 3 N–H and O–H groups in total. The number of hydroxylamine groups is 2. The Kier molecular flexibility index (Phi) is 8.61. The molecule has 1 aromatic heterocycles. The number of aromatic nitrogens is 2. The van der Waals surface area contributed by atoms with Crippen molar-refractivity contribution in [1.29, 1.82) is 0 Å². The fourth-order valence-electron chi connectivity index (χ4n) is 5.92. The van der Waals surface area contributed by atoms with Crippen LogP contribution in [0.2, 0.25) is 5.28 Å². The molecule has 2 heterocycles. The third-order valence-corrected chi connectivity index (χ3v) is 7.90. The third kappa shape index (κ3) is 6.13. The Balaban J connectivity index is 1.48. The van der Waals surface area contributed by atoms with Crippen molar-refractivity contribution in [2.24, 2.45) is 11.8 Å². The molecule has 0 spiro atoms. The molecule has 2 aliphatic carbocycles. The van der Waals surface area contributed by atoms with E-state index in [0.29, 0.717) is 30.0 Å². The number of piperazine rings is 1. The molecule has 2 unspecified atom stereocenters. The van der Waals surface area contributed by atoms with Gasteiger partial charge in [-0.05, 0) is 43.8 Å². The first-order valence-electron chi connectivity index (χ1n) is 12.5. The van der Waals surface area contributed by atoms with Crippen molar-refractivity contribution >= 4 is 35.6 Å². The molecule has 2 saturated carbocycles. The van der Waals surface area contributed by atoms with Gasteiger partial charge >= 0.3 is 0 Å². The summed E-state index contributed by atoms with van der Waals surface area (Å²) in [5.74, 6) is -1.51. The molecule has 3 fully saturated rings. The van der Waals surface area contributed by atoms with Gasteiger partial charge in [-0.1, -0.05) is 38.5 Å². The van der Waals surface area contributed by atoms with Crippen LogP contribution in [-0.4, -0.2) is 76.2 Å². The zero-order valence-corrected chi connectivity index (χ0v) is 20.9. The van der Waals surface area contributed by atoms with E-state index in [0.717, 1.165) is 57.9 Å². The average Bonchev–Trinajstić information content (AvgIpc) is 3.37. The van der Waals surface area contributed by atoms with Crippen LogP contribution >= 0.6 is 11.6 Å². The van der Waals surface area contributed by atoms with Crippen LogP contribution in [0.15, 0.2) is 0 Å². The number of amides is 2. The molecule has 0 bridgehead atoms. The van der Waals surface area contributed by atoms with E-state index in [-0.39, 0.29) is 35.9 Å². The van der Waals surface area contributed by atoms with Gasteiger partial charge in [0.1, 0.15) is 0 Å². The second-order valence-electron chi connectivity index (χ2n) is 10.00. The van der Waals surface area contributed by atoms with Crippen molar-refractivity contribution < 1.29 is 19.2 Å². The van der Waals surface area contributed by atoms with Gasteiger partial charge in [-0.25, -0.2) is 5.06 Å². The molecule has 3 aliphatic rings. The van der Waals surface area contributed by atoms with Gasteiger partial charge in [-0.2, -0.15) is 14.4 Å². The van der Waals surface area contributed by atoms with Crippen molar-refractivity contribution in [2.45, 2.75) is 69.9 Å². The lowest BCUT2D eigenvalue weighted by Gasteiger charge is -2.49. The maximum Gasteiger partial charge on any atom is 0.243 e. The molecule has 0 radical (unpaired) electrons. The van der Waals surface area contributed by atoms with Crippen LogP contribution in [0.5, 0.6) is 0 Å². The predicted octanol–water partition coefficient (Wildman–Crippen LogP) is 2.82. The van der Waals surface area contributed by atoms with E-state index in [1.165, 1.54) is 0 Å². The number of nitrogens with zero attached hydrogens (tertiary/aromatic N) is 5. The highest BCUT2D eigenvalue weighted by molar-refractivity contribution is 6.28. The number of hydrazine groups is 1. The predicted molar refractivity (Wildman–Crippen MR) is 129 cm³/mol. The number of rotatable bonds is 9. The summed E-state index contributed by atoms with van der Waals surface area (Å²) in [7, 11) is 2.10. The zero-order chi connectivity index (χ0) is 24.9. The van der Waals surface area contributed by atoms with Gasteiger partial charge in [0.2, 0.25) is 23.4 Å². The number of likely N-dealkylation sites (N-methyl/N-ethyl adjacent to an activating group) is 1. The number of hydrogen-bond donors (Lipinski definition) is 3. The lowest BCUT2D eigenvalue weighted by atomic mass is 9.86. The third-order valence-electron chi connectivity index (χ3n) is 7.73. The largest absolute Gasteiger partial charge is 0.348 e. The van der Waals surface area contributed by atoms with E-state index in [9.17, 15) is 14.8 Å². The Morgan fingerprint density at radius 3 is 2.60 bits per heavy atom. The van der Waals surface area contributed by atoms with Crippen LogP contribution in [0.3, 0.4) is 0 Å². The quantitative estimate of drug-likeness (QED) is 0.201. The summed E-state index contributed by atoms with van der Waals surface area (Å²) in [5, 5.41) is 10.0. The topological polar surface area (TPSA) is 114 Å². The first-order chi connectivity index (χ1) is 16.9. The van der Waals surface area contributed by atoms with Crippen molar-refractivity contribution in [1.82, 2.24) is 25.4 Å². The Labute approximate surface area is 210 Å². The van der Waals surface area contributed by atoms with E-state index >= 15 is 4.39 Å². The summed E-state index contributed by atoms with van der Waals surface area (Å²) < 4.78 is 15.6. The monoisotopic (exact) mass is 511 g/mol. The van der Waals surface area contributed by atoms with E-state index in [1.54, 1.807) is 0 Å². The number of fused-ring (bicyclic) bond motifs is 1. The van der Waals surface area contributed by atoms with Crippen LogP contribution in [0, 0.1) is 17.7 Å². The van der Waals surface area contributed by atoms with Gasteiger partial charge in [0.15, 0.2) is 11.6 Å². The highest BCUT2D eigenvalue weighted by Gasteiger charge is 2.38. The summed E-state index contributed by atoms with van der Waals surface area (Å²) in [6, 6.07) is 0.470. The average molecular weight is 512 g/mol. The van der Waals surface area contributed by atoms with Crippen molar-refractivity contribution in [2.75, 3.05) is 37.0 Å². The second kappa shape index (κ2) is 11.7. The minimum Gasteiger partial charge on any atom is -0.348 e. The molecule has 194 valence electrons. The van der Waals surface area contributed by atoms with E-state index in [2.05, 4.69) is 32.8 Å². The number of hydrogen-bond acceptors (Lipinski definition) is 8. The summed E-state index contributed by atoms with van der Waals surface area (Å²) in [6.07, 6.45) is 9.28. The number of nitrogens with one attached hydrogen (secondary N) is 2. The molecule has 4 rings (SSSR count). The van der Waals surface area contributed by atoms with Gasteiger partial charge in [0, 0.05) is 25.2 Å². The minimum absolute atomic E-state index is 0.116. The van der Waals surface area contributed by atoms with Gasteiger partial charge in [-0.15, -0.1) is 0 Å². The molecule has 1 saturated heterocycles. The summed E-state index contributed by atoms with van der Waals surface area (Å²) in [6.45, 7) is 1.27. The zero-order valence-electron chi connectivity index (χ0n) is 20.1. The van der Waals surface area contributed by atoms with Crippen molar-refractivity contribution in [3.8, 4) is 0 Å². The van der Waals surface area contributed by atoms with Gasteiger partial charge in [-0.3, -0.25) is 30.5 Å². The summed E-state index contributed by atoms with van der Waals surface area (Å²) in [5.41, 5.74) is 5.08. The maximum atomic E-state index is 15.6. The van der Waals surface area contributed by atoms with Crippen LogP contribution in [0.1, 0.15) is 57.8 Å². The fourth-order valence-corrected chi connectivity index (χ4v) is 6.08. The molecule has 10 nitrogen and oxygen atoms in total. The Morgan fingerprint density at radius 2 is 1.89 bits per heavy atom. The number of halogens is 2. The number of anilines is 2. The number of carbonyl (C=O) groups excluding carboxylic acids is 2. The molecule has 1 aromatic rings. The minimum atomic E-state index is -0.674. The maximum absolute atomic E-state index is 15.6. The summed E-state index contributed by atoms with van der Waals surface area (Å²) in [4.78, 5) is 36.3. The molecule has 3 atom stereocenters. The second-order valence-corrected chi connectivity index (χ2v) is 10.3.